The van der Waals surface area contributed by atoms with Gasteiger partial charge in [-0.3, -0.25) is 4.79 Å². The Morgan fingerprint density at radius 3 is 2.72 bits per heavy atom. The van der Waals surface area contributed by atoms with Crippen LogP contribution in [-0.4, -0.2) is 41.2 Å². The van der Waals surface area contributed by atoms with Crippen LogP contribution in [0.15, 0.2) is 42.6 Å². The van der Waals surface area contributed by atoms with Crippen molar-refractivity contribution < 1.29 is 19.4 Å². The van der Waals surface area contributed by atoms with Crippen molar-refractivity contribution in [2.45, 2.75) is 13.0 Å². The first-order valence-corrected chi connectivity index (χ1v) is 7.96. The third-order valence-electron chi connectivity index (χ3n) is 3.21. The van der Waals surface area contributed by atoms with Crippen molar-refractivity contribution in [2.24, 2.45) is 0 Å². The summed E-state index contributed by atoms with van der Waals surface area (Å²) in [4.78, 5) is 28.4. The van der Waals surface area contributed by atoms with E-state index in [1.807, 2.05) is 0 Å². The number of anilines is 2. The van der Waals surface area contributed by atoms with Crippen molar-refractivity contribution in [1.29, 1.82) is 0 Å². The van der Waals surface area contributed by atoms with Crippen molar-refractivity contribution in [3.8, 4) is 0 Å². The summed E-state index contributed by atoms with van der Waals surface area (Å²) in [5.74, 6) is -0.848. The molecule has 0 aliphatic carbocycles. The quantitative estimate of drug-likeness (QED) is 0.653. The Labute approximate surface area is 150 Å². The van der Waals surface area contributed by atoms with Gasteiger partial charge in [0.1, 0.15) is 5.82 Å². The van der Waals surface area contributed by atoms with Crippen molar-refractivity contribution >= 4 is 35.0 Å². The molecule has 3 N–H and O–H groups in total. The number of esters is 1. The minimum Gasteiger partial charge on any atom is -0.449 e. The first kappa shape index (κ1) is 18.7. The van der Waals surface area contributed by atoms with Gasteiger partial charge in [-0.2, -0.15) is 0 Å². The van der Waals surface area contributed by atoms with Gasteiger partial charge in [0.2, 0.25) is 0 Å². The Morgan fingerprint density at radius 1 is 1.28 bits per heavy atom. The first-order valence-electron chi connectivity index (χ1n) is 7.58. The molecule has 0 aliphatic rings. The molecular weight excluding hydrogens is 346 g/mol. The first-order chi connectivity index (χ1) is 12.0. The van der Waals surface area contributed by atoms with Crippen LogP contribution in [0.4, 0.5) is 11.5 Å². The summed E-state index contributed by atoms with van der Waals surface area (Å²) in [5.41, 5.74) is 0.800. The van der Waals surface area contributed by atoms with Gasteiger partial charge in [-0.25, -0.2) is 9.78 Å². The lowest BCUT2D eigenvalue weighted by atomic mass is 10.1. The highest BCUT2D eigenvalue weighted by Crippen LogP contribution is 2.17. The van der Waals surface area contributed by atoms with Gasteiger partial charge < -0.3 is 20.5 Å². The molecular formula is C17H18ClN3O4. The second-order valence-corrected chi connectivity index (χ2v) is 5.53. The molecule has 1 atom stereocenters. The Kier molecular flexibility index (Phi) is 6.73. The van der Waals surface area contributed by atoms with E-state index in [1.165, 1.54) is 13.1 Å². The highest BCUT2D eigenvalue weighted by molar-refractivity contribution is 6.30. The van der Waals surface area contributed by atoms with Crippen LogP contribution in [0, 0.1) is 0 Å². The molecule has 2 aromatic rings. The van der Waals surface area contributed by atoms with E-state index < -0.39 is 18.0 Å². The van der Waals surface area contributed by atoms with Crippen molar-refractivity contribution in [2.75, 3.05) is 23.8 Å². The number of aliphatic hydroxyl groups is 1. The number of para-hydroxylation sites is 1. The number of rotatable bonds is 7. The Hall–Kier alpha value is -2.64. The second kappa shape index (κ2) is 9.00. The molecule has 2 rings (SSSR count). The number of carbonyl (C=O) groups is 2. The van der Waals surface area contributed by atoms with E-state index in [-0.39, 0.29) is 12.2 Å². The fraction of sp³-hybridized carbons (Fsp3) is 0.235. The number of ether oxygens (including phenoxy) is 1. The maximum atomic E-state index is 12.3. The predicted octanol–water partition coefficient (Wildman–Crippen LogP) is 2.32. The summed E-state index contributed by atoms with van der Waals surface area (Å²) < 4.78 is 5.21. The average molecular weight is 364 g/mol. The van der Waals surface area contributed by atoms with Gasteiger partial charge in [-0.15, -0.1) is 0 Å². The van der Waals surface area contributed by atoms with E-state index in [2.05, 4.69) is 15.6 Å². The zero-order chi connectivity index (χ0) is 18.2. The number of nitrogens with zero attached hydrogens (tertiary/aromatic N) is 1. The Bertz CT molecular complexity index is 737. The number of benzene rings is 1. The summed E-state index contributed by atoms with van der Waals surface area (Å²) >= 11 is 5.73. The summed E-state index contributed by atoms with van der Waals surface area (Å²) in [7, 11) is 0. The van der Waals surface area contributed by atoms with Crippen molar-refractivity contribution in [3.05, 3.63) is 53.2 Å². The molecule has 1 aromatic carbocycles. The number of nitrogens with one attached hydrogen (secondary N) is 2. The molecule has 7 nitrogen and oxygen atoms in total. The number of carbonyl (C=O) groups excluding carboxylic acids is 2. The minimum absolute atomic E-state index is 0.0731. The fourth-order valence-electron chi connectivity index (χ4n) is 1.96. The molecule has 8 heteroatoms. The van der Waals surface area contributed by atoms with Crippen LogP contribution in [0.25, 0.3) is 0 Å². The summed E-state index contributed by atoms with van der Waals surface area (Å²) in [5, 5.41) is 14.8. The van der Waals surface area contributed by atoms with Crippen LogP contribution in [-0.2, 0) is 9.53 Å². The van der Waals surface area contributed by atoms with E-state index in [9.17, 15) is 9.59 Å². The molecule has 25 heavy (non-hydrogen) atoms. The van der Waals surface area contributed by atoms with Crippen LogP contribution >= 0.6 is 11.6 Å². The van der Waals surface area contributed by atoms with Crippen molar-refractivity contribution in [3.63, 3.8) is 0 Å². The zero-order valence-electron chi connectivity index (χ0n) is 13.5. The number of halogens is 1. The number of amides is 1. The van der Waals surface area contributed by atoms with Gasteiger partial charge in [0.25, 0.3) is 5.91 Å². The van der Waals surface area contributed by atoms with Gasteiger partial charge in [0, 0.05) is 18.4 Å². The molecule has 0 aliphatic heterocycles. The van der Waals surface area contributed by atoms with Crippen LogP contribution in [0.1, 0.15) is 17.3 Å². The monoisotopic (exact) mass is 363 g/mol. The lowest BCUT2D eigenvalue weighted by Crippen LogP contribution is -2.30. The highest BCUT2D eigenvalue weighted by Gasteiger charge is 2.21. The number of hydrogen-bond donors (Lipinski definition) is 3. The Morgan fingerprint density at radius 2 is 2.04 bits per heavy atom. The summed E-state index contributed by atoms with van der Waals surface area (Å²) in [6.07, 6.45) is 0.382. The average Bonchev–Trinajstić information content (AvgIpc) is 2.62. The molecule has 1 aromatic heterocycles. The Balaban J connectivity index is 1.99. The smallest absolute Gasteiger partial charge is 0.341 e. The maximum absolute atomic E-state index is 12.3. The lowest BCUT2D eigenvalue weighted by molar-refractivity contribution is -0.123. The van der Waals surface area contributed by atoms with Gasteiger partial charge in [-0.1, -0.05) is 23.7 Å². The number of aromatic nitrogens is 1. The van der Waals surface area contributed by atoms with E-state index in [0.29, 0.717) is 23.1 Å². The van der Waals surface area contributed by atoms with E-state index in [1.54, 1.807) is 36.4 Å². The SMILES string of the molecule is C[C@@H](OC(=O)c1ccccc1NCCO)C(=O)Nc1ccc(Cl)cn1. The van der Waals surface area contributed by atoms with Crippen LogP contribution < -0.4 is 10.6 Å². The summed E-state index contributed by atoms with van der Waals surface area (Å²) in [6, 6.07) is 9.83. The topological polar surface area (TPSA) is 101 Å². The lowest BCUT2D eigenvalue weighted by Gasteiger charge is -2.15. The largest absolute Gasteiger partial charge is 0.449 e. The predicted molar refractivity (Wildman–Crippen MR) is 94.8 cm³/mol. The molecule has 132 valence electrons. The second-order valence-electron chi connectivity index (χ2n) is 5.09. The molecule has 1 heterocycles. The van der Waals surface area contributed by atoms with Gasteiger partial charge in [0.05, 0.1) is 17.2 Å². The number of aliphatic hydroxyl groups excluding tert-OH is 1. The van der Waals surface area contributed by atoms with Gasteiger partial charge in [-0.05, 0) is 31.2 Å². The third kappa shape index (κ3) is 5.44. The van der Waals surface area contributed by atoms with Gasteiger partial charge in [0.15, 0.2) is 6.10 Å². The molecule has 0 saturated carbocycles. The normalized spacial score (nSPS) is 11.5. The van der Waals surface area contributed by atoms with Crippen LogP contribution in [0.2, 0.25) is 5.02 Å². The highest BCUT2D eigenvalue weighted by atomic mass is 35.5. The standard InChI is InChI=1S/C17H18ClN3O4/c1-11(16(23)21-15-7-6-12(18)10-20-15)25-17(24)13-4-2-3-5-14(13)19-8-9-22/h2-7,10-11,19,22H,8-9H2,1H3,(H,20,21,23)/t11-/m1/s1. The van der Waals surface area contributed by atoms with E-state index >= 15 is 0 Å². The minimum atomic E-state index is -1.02. The summed E-state index contributed by atoms with van der Waals surface area (Å²) in [6.45, 7) is 1.69. The molecule has 0 radical (unpaired) electrons. The molecule has 0 unspecified atom stereocenters. The van der Waals surface area contributed by atoms with E-state index in [0.717, 1.165) is 0 Å². The fourth-order valence-corrected chi connectivity index (χ4v) is 2.07. The molecule has 0 spiro atoms. The molecule has 0 saturated heterocycles. The van der Waals surface area contributed by atoms with Gasteiger partial charge >= 0.3 is 5.97 Å². The van der Waals surface area contributed by atoms with Crippen LogP contribution in [0.3, 0.4) is 0 Å². The maximum Gasteiger partial charge on any atom is 0.341 e. The van der Waals surface area contributed by atoms with E-state index in [4.69, 9.17) is 21.4 Å². The zero-order valence-corrected chi connectivity index (χ0v) is 14.3. The molecule has 1 amide bonds. The number of pyridine rings is 1. The molecule has 0 bridgehead atoms. The van der Waals surface area contributed by atoms with Crippen LogP contribution in [0.5, 0.6) is 0 Å². The van der Waals surface area contributed by atoms with Crippen molar-refractivity contribution in [1.82, 2.24) is 4.98 Å². The third-order valence-corrected chi connectivity index (χ3v) is 3.43. The number of hydrogen-bond acceptors (Lipinski definition) is 6. The molecule has 0 fully saturated rings.